The number of para-hydroxylation sites is 1. The van der Waals surface area contributed by atoms with Crippen molar-refractivity contribution in [3.63, 3.8) is 0 Å². The number of carbonyl (C=O) groups is 2. The van der Waals surface area contributed by atoms with Crippen LogP contribution in [-0.4, -0.2) is 11.8 Å². The Morgan fingerprint density at radius 2 is 1.60 bits per heavy atom. The van der Waals surface area contributed by atoms with E-state index in [2.05, 4.69) is 0 Å². The number of hydrogen-bond donors (Lipinski definition) is 0. The van der Waals surface area contributed by atoms with Crippen LogP contribution in [0.5, 0.6) is 0 Å². The smallest absolute Gasteiger partial charge is 0.267 e. The number of nitrogens with zero attached hydrogens (tertiary/aromatic N) is 1. The van der Waals surface area contributed by atoms with Gasteiger partial charge in [0.2, 0.25) is 0 Å². The minimum atomic E-state index is -0.405. The Labute approximate surface area is 147 Å². The third kappa shape index (κ3) is 1.88. The van der Waals surface area contributed by atoms with E-state index in [9.17, 15) is 9.59 Å². The van der Waals surface area contributed by atoms with Gasteiger partial charge in [-0.1, -0.05) is 35.9 Å². The molecule has 0 saturated heterocycles. The normalized spacial score (nSPS) is 13.9. The molecule has 120 valence electrons. The van der Waals surface area contributed by atoms with Gasteiger partial charge in [0.15, 0.2) is 0 Å². The maximum Gasteiger partial charge on any atom is 0.267 e. The molecule has 0 fully saturated rings. The zero-order valence-electron chi connectivity index (χ0n) is 12.8. The number of furan rings is 1. The Bertz CT molecular complexity index is 1210. The van der Waals surface area contributed by atoms with Gasteiger partial charge in [0.1, 0.15) is 11.2 Å². The zero-order valence-corrected chi connectivity index (χ0v) is 13.6. The standard InChI is InChI=1S/C20H10ClNO3/c21-15-6-3-5-13-18(15)20(24)22(19(13)23)11-8-9-17-14(10-11)12-4-1-2-7-16(12)25-17/h1-10H. The van der Waals surface area contributed by atoms with Gasteiger partial charge in [0.25, 0.3) is 11.8 Å². The first-order valence-corrected chi connectivity index (χ1v) is 8.11. The van der Waals surface area contributed by atoms with E-state index in [1.165, 1.54) is 0 Å². The summed E-state index contributed by atoms with van der Waals surface area (Å²) in [5.41, 5.74) is 2.56. The molecule has 3 aromatic carbocycles. The maximum atomic E-state index is 12.8. The Kier molecular flexibility index (Phi) is 2.82. The second kappa shape index (κ2) is 4.94. The fraction of sp³-hybridized carbons (Fsp3) is 0. The molecule has 0 atom stereocenters. The van der Waals surface area contributed by atoms with E-state index >= 15 is 0 Å². The van der Waals surface area contributed by atoms with Gasteiger partial charge < -0.3 is 4.42 Å². The van der Waals surface area contributed by atoms with E-state index in [-0.39, 0.29) is 16.5 Å². The van der Waals surface area contributed by atoms with Crippen LogP contribution in [0.25, 0.3) is 21.9 Å². The summed E-state index contributed by atoms with van der Waals surface area (Å²) in [6.07, 6.45) is 0. The summed E-state index contributed by atoms with van der Waals surface area (Å²) < 4.78 is 5.80. The lowest BCUT2D eigenvalue weighted by atomic mass is 10.1. The number of rotatable bonds is 1. The minimum absolute atomic E-state index is 0.256. The molecule has 0 aliphatic carbocycles. The average Bonchev–Trinajstić information content (AvgIpc) is 3.11. The van der Waals surface area contributed by atoms with E-state index in [1.807, 2.05) is 24.3 Å². The Morgan fingerprint density at radius 1 is 0.800 bits per heavy atom. The molecular formula is C20H10ClNO3. The first-order valence-electron chi connectivity index (χ1n) is 7.74. The number of hydrogen-bond acceptors (Lipinski definition) is 3. The predicted octanol–water partition coefficient (Wildman–Crippen LogP) is 5.04. The monoisotopic (exact) mass is 347 g/mol. The largest absolute Gasteiger partial charge is 0.456 e. The maximum absolute atomic E-state index is 12.8. The molecule has 4 nitrogen and oxygen atoms in total. The highest BCUT2D eigenvalue weighted by Gasteiger charge is 2.38. The molecule has 0 spiro atoms. The van der Waals surface area contributed by atoms with E-state index in [0.717, 1.165) is 21.3 Å². The van der Waals surface area contributed by atoms with Crippen LogP contribution in [0.3, 0.4) is 0 Å². The molecule has 1 aliphatic rings. The van der Waals surface area contributed by atoms with Crippen molar-refractivity contribution in [1.29, 1.82) is 0 Å². The molecule has 0 N–H and O–H groups in total. The van der Waals surface area contributed by atoms with Crippen molar-refractivity contribution in [2.75, 3.05) is 4.90 Å². The lowest BCUT2D eigenvalue weighted by Gasteiger charge is -2.13. The van der Waals surface area contributed by atoms with Crippen molar-refractivity contribution >= 4 is 51.0 Å². The van der Waals surface area contributed by atoms with Crippen molar-refractivity contribution in [2.45, 2.75) is 0 Å². The number of halogens is 1. The lowest BCUT2D eigenvalue weighted by molar-refractivity contribution is 0.0926. The topological polar surface area (TPSA) is 50.5 Å². The van der Waals surface area contributed by atoms with Crippen molar-refractivity contribution < 1.29 is 14.0 Å². The number of benzene rings is 3. The number of anilines is 1. The SMILES string of the molecule is O=C1c2cccc(Cl)c2C(=O)N1c1ccc2oc3ccccc3c2c1. The molecule has 5 heteroatoms. The van der Waals surface area contributed by atoms with Crippen LogP contribution in [0.1, 0.15) is 20.7 Å². The molecule has 5 rings (SSSR count). The summed E-state index contributed by atoms with van der Waals surface area (Å²) in [6.45, 7) is 0. The highest BCUT2D eigenvalue weighted by molar-refractivity contribution is 6.42. The number of imide groups is 1. The van der Waals surface area contributed by atoms with Crippen LogP contribution in [0.4, 0.5) is 5.69 Å². The molecule has 0 unspecified atom stereocenters. The molecule has 25 heavy (non-hydrogen) atoms. The van der Waals surface area contributed by atoms with Gasteiger partial charge in [0, 0.05) is 10.8 Å². The molecule has 1 aliphatic heterocycles. The first kappa shape index (κ1) is 14.3. The van der Waals surface area contributed by atoms with Gasteiger partial charge in [-0.05, 0) is 36.4 Å². The summed E-state index contributed by atoms with van der Waals surface area (Å²) >= 11 is 6.12. The molecule has 1 aromatic heterocycles. The van der Waals surface area contributed by atoms with Gasteiger partial charge >= 0.3 is 0 Å². The number of fused-ring (bicyclic) bond motifs is 4. The van der Waals surface area contributed by atoms with Gasteiger partial charge in [-0.15, -0.1) is 0 Å². The van der Waals surface area contributed by atoms with E-state index in [0.29, 0.717) is 16.8 Å². The van der Waals surface area contributed by atoms with Gasteiger partial charge in [-0.2, -0.15) is 0 Å². The van der Waals surface area contributed by atoms with Gasteiger partial charge in [-0.25, -0.2) is 4.90 Å². The highest BCUT2D eigenvalue weighted by atomic mass is 35.5. The van der Waals surface area contributed by atoms with E-state index < -0.39 is 5.91 Å². The molecule has 0 radical (unpaired) electrons. The van der Waals surface area contributed by atoms with Crippen LogP contribution in [-0.2, 0) is 0 Å². The Morgan fingerprint density at radius 3 is 2.44 bits per heavy atom. The predicted molar refractivity (Wildman–Crippen MR) is 96.3 cm³/mol. The molecule has 4 aromatic rings. The Balaban J connectivity index is 1.72. The van der Waals surface area contributed by atoms with E-state index in [4.69, 9.17) is 16.0 Å². The van der Waals surface area contributed by atoms with Crippen LogP contribution in [0, 0.1) is 0 Å². The van der Waals surface area contributed by atoms with Crippen LogP contribution < -0.4 is 4.90 Å². The first-order chi connectivity index (χ1) is 12.1. The third-order valence-electron chi connectivity index (χ3n) is 4.48. The summed E-state index contributed by atoms with van der Waals surface area (Å²) in [5.74, 6) is -0.771. The van der Waals surface area contributed by atoms with Crippen molar-refractivity contribution in [3.05, 3.63) is 76.8 Å². The number of carbonyl (C=O) groups excluding carboxylic acids is 2. The highest BCUT2D eigenvalue weighted by Crippen LogP contribution is 2.36. The summed E-state index contributed by atoms with van der Waals surface area (Å²) in [7, 11) is 0. The minimum Gasteiger partial charge on any atom is -0.456 e. The third-order valence-corrected chi connectivity index (χ3v) is 4.80. The van der Waals surface area contributed by atoms with Crippen molar-refractivity contribution in [2.24, 2.45) is 0 Å². The second-order valence-electron chi connectivity index (χ2n) is 5.89. The zero-order chi connectivity index (χ0) is 17.1. The van der Waals surface area contributed by atoms with Crippen LogP contribution >= 0.6 is 11.6 Å². The molecule has 2 amide bonds. The van der Waals surface area contributed by atoms with Crippen molar-refractivity contribution in [1.82, 2.24) is 0 Å². The van der Waals surface area contributed by atoms with Gasteiger partial charge in [0.05, 0.1) is 21.8 Å². The van der Waals surface area contributed by atoms with Gasteiger partial charge in [-0.3, -0.25) is 9.59 Å². The second-order valence-corrected chi connectivity index (χ2v) is 6.29. The fourth-order valence-electron chi connectivity index (χ4n) is 3.33. The molecule has 0 bridgehead atoms. The molecular weight excluding hydrogens is 338 g/mol. The average molecular weight is 348 g/mol. The molecule has 0 saturated carbocycles. The number of amides is 2. The Hall–Kier alpha value is -3.11. The summed E-state index contributed by atoms with van der Waals surface area (Å²) in [4.78, 5) is 26.6. The fourth-order valence-corrected chi connectivity index (χ4v) is 3.59. The molecule has 2 heterocycles. The van der Waals surface area contributed by atoms with Crippen molar-refractivity contribution in [3.8, 4) is 0 Å². The van der Waals surface area contributed by atoms with Crippen LogP contribution in [0.2, 0.25) is 5.02 Å². The summed E-state index contributed by atoms with van der Waals surface area (Å²) in [6, 6.07) is 17.8. The van der Waals surface area contributed by atoms with E-state index in [1.54, 1.807) is 36.4 Å². The van der Waals surface area contributed by atoms with Crippen LogP contribution in [0.15, 0.2) is 65.1 Å². The quantitative estimate of drug-likeness (QED) is 0.453. The lowest BCUT2D eigenvalue weighted by Crippen LogP contribution is -2.29. The summed E-state index contributed by atoms with van der Waals surface area (Å²) in [5, 5.41) is 2.08.